The van der Waals surface area contributed by atoms with Gasteiger partial charge in [0.05, 0.1) is 0 Å². The minimum atomic E-state index is -0.325. The third-order valence-corrected chi connectivity index (χ3v) is 1.59. The summed E-state index contributed by atoms with van der Waals surface area (Å²) >= 11 is 0. The van der Waals surface area contributed by atoms with Crippen LogP contribution in [-0.4, -0.2) is 19.4 Å². The quantitative estimate of drug-likeness (QED) is 0.590. The van der Waals surface area contributed by atoms with Crippen molar-refractivity contribution in [3.05, 3.63) is 24.3 Å². The van der Waals surface area contributed by atoms with Gasteiger partial charge in [0.2, 0.25) is 0 Å². The molecule has 2 nitrogen and oxygen atoms in total. The fourth-order valence-electron chi connectivity index (χ4n) is 1.05. The van der Waals surface area contributed by atoms with Gasteiger partial charge >= 0.3 is 0 Å². The minimum absolute atomic E-state index is 0.325. The third-order valence-electron chi connectivity index (χ3n) is 1.59. The smallest absolute Gasteiger partial charge is 0.157 e. The van der Waals surface area contributed by atoms with Crippen LogP contribution in [0.5, 0.6) is 0 Å². The zero-order chi connectivity index (χ0) is 7.45. The van der Waals surface area contributed by atoms with E-state index in [4.69, 9.17) is 4.74 Å². The molecule has 0 radical (unpaired) electrons. The van der Waals surface area contributed by atoms with Gasteiger partial charge < -0.3 is 4.74 Å². The Morgan fingerprint density at radius 1 is 1.40 bits per heavy atom. The average molecular weight is 139 g/mol. The molecule has 2 heteroatoms. The van der Waals surface area contributed by atoms with E-state index in [1.807, 2.05) is 24.3 Å². The molecule has 1 N–H and O–H groups in total. The summed E-state index contributed by atoms with van der Waals surface area (Å²) in [5.74, 6) is 0. The fraction of sp³-hybridized carbons (Fsp3) is 0.500. The van der Waals surface area contributed by atoms with Crippen LogP contribution in [0.4, 0.5) is 0 Å². The molecule has 1 rings (SSSR count). The Labute approximate surface area is 61.6 Å². The van der Waals surface area contributed by atoms with Crippen LogP contribution in [0.25, 0.3) is 0 Å². The van der Waals surface area contributed by atoms with Gasteiger partial charge in [-0.25, -0.2) is 0 Å². The number of allylic oxidation sites excluding steroid dienone is 2. The molecule has 0 spiro atoms. The summed E-state index contributed by atoms with van der Waals surface area (Å²) in [5.41, 5.74) is -0.325. The molecule has 1 aliphatic rings. The van der Waals surface area contributed by atoms with E-state index in [1.165, 1.54) is 0 Å². The first kappa shape index (κ1) is 7.51. The van der Waals surface area contributed by atoms with E-state index in [1.54, 1.807) is 7.11 Å². The van der Waals surface area contributed by atoms with E-state index in [2.05, 4.69) is 12.2 Å². The molecule has 0 aromatic rings. The molecule has 0 amide bonds. The summed E-state index contributed by atoms with van der Waals surface area (Å²) in [5, 5.41) is 3.21. The van der Waals surface area contributed by atoms with Crippen LogP contribution in [0.15, 0.2) is 24.3 Å². The van der Waals surface area contributed by atoms with E-state index < -0.39 is 0 Å². The average Bonchev–Trinajstić information content (AvgIpc) is 2.39. The summed E-state index contributed by atoms with van der Waals surface area (Å²) in [6.45, 7) is 2.96. The van der Waals surface area contributed by atoms with Crippen LogP contribution >= 0.6 is 0 Å². The van der Waals surface area contributed by atoms with Gasteiger partial charge in [0, 0.05) is 7.11 Å². The molecule has 0 unspecified atom stereocenters. The highest BCUT2D eigenvalue weighted by atomic mass is 16.5. The van der Waals surface area contributed by atoms with Gasteiger partial charge in [-0.05, 0) is 18.7 Å². The molecule has 0 aromatic carbocycles. The molecule has 10 heavy (non-hydrogen) atoms. The second-order valence-corrected chi connectivity index (χ2v) is 2.25. The summed E-state index contributed by atoms with van der Waals surface area (Å²) in [4.78, 5) is 0. The standard InChI is InChI=1S/C8H13NO/c1-3-9-8(10-2)6-4-5-7-8/h4-7,9H,3H2,1-2H3. The summed E-state index contributed by atoms with van der Waals surface area (Å²) in [6.07, 6.45) is 7.95. The largest absolute Gasteiger partial charge is 0.356 e. The lowest BCUT2D eigenvalue weighted by Crippen LogP contribution is -2.42. The van der Waals surface area contributed by atoms with Crippen molar-refractivity contribution in [3.8, 4) is 0 Å². The highest BCUT2D eigenvalue weighted by molar-refractivity contribution is 5.26. The van der Waals surface area contributed by atoms with Gasteiger partial charge in [0.1, 0.15) is 0 Å². The zero-order valence-corrected chi connectivity index (χ0v) is 6.42. The van der Waals surface area contributed by atoms with Gasteiger partial charge in [-0.15, -0.1) is 0 Å². The van der Waals surface area contributed by atoms with Crippen molar-refractivity contribution in [2.24, 2.45) is 0 Å². The summed E-state index contributed by atoms with van der Waals surface area (Å²) in [7, 11) is 1.70. The topological polar surface area (TPSA) is 21.3 Å². The second kappa shape index (κ2) is 2.99. The first-order valence-electron chi connectivity index (χ1n) is 3.50. The third kappa shape index (κ3) is 1.28. The Bertz CT molecular complexity index is 149. The van der Waals surface area contributed by atoms with Gasteiger partial charge in [0.15, 0.2) is 5.72 Å². The van der Waals surface area contributed by atoms with Crippen LogP contribution in [0.1, 0.15) is 6.92 Å². The second-order valence-electron chi connectivity index (χ2n) is 2.25. The molecule has 1 aliphatic carbocycles. The number of methoxy groups -OCH3 is 1. The number of hydrogen-bond acceptors (Lipinski definition) is 2. The Morgan fingerprint density at radius 2 is 2.00 bits per heavy atom. The Kier molecular flexibility index (Phi) is 2.25. The predicted octanol–water partition coefficient (Wildman–Crippen LogP) is 1.06. The lowest BCUT2D eigenvalue weighted by Gasteiger charge is -2.23. The number of ether oxygens (including phenoxy) is 1. The maximum Gasteiger partial charge on any atom is 0.157 e. The summed E-state index contributed by atoms with van der Waals surface area (Å²) < 4.78 is 5.25. The van der Waals surface area contributed by atoms with Crippen LogP contribution in [0, 0.1) is 0 Å². The Morgan fingerprint density at radius 3 is 2.40 bits per heavy atom. The zero-order valence-electron chi connectivity index (χ0n) is 6.42. The molecule has 0 heterocycles. The number of nitrogens with one attached hydrogen (secondary N) is 1. The van der Waals surface area contributed by atoms with E-state index >= 15 is 0 Å². The molecule has 0 atom stereocenters. The van der Waals surface area contributed by atoms with Crippen LogP contribution in [-0.2, 0) is 4.74 Å². The number of hydrogen-bond donors (Lipinski definition) is 1. The maximum absolute atomic E-state index is 5.25. The van der Waals surface area contributed by atoms with Crippen molar-refractivity contribution in [1.82, 2.24) is 5.32 Å². The van der Waals surface area contributed by atoms with E-state index in [0.717, 1.165) is 6.54 Å². The van der Waals surface area contributed by atoms with Crippen LogP contribution in [0.2, 0.25) is 0 Å². The predicted molar refractivity (Wildman–Crippen MR) is 41.7 cm³/mol. The van der Waals surface area contributed by atoms with Crippen molar-refractivity contribution in [1.29, 1.82) is 0 Å². The fourth-order valence-corrected chi connectivity index (χ4v) is 1.05. The van der Waals surface area contributed by atoms with Crippen LogP contribution in [0.3, 0.4) is 0 Å². The van der Waals surface area contributed by atoms with Crippen molar-refractivity contribution >= 4 is 0 Å². The van der Waals surface area contributed by atoms with E-state index in [-0.39, 0.29) is 5.72 Å². The Balaban J connectivity index is 2.60. The molecular weight excluding hydrogens is 126 g/mol. The SMILES string of the molecule is CCNC1(OC)C=CC=C1. The minimum Gasteiger partial charge on any atom is -0.356 e. The normalized spacial score (nSPS) is 20.2. The Hall–Kier alpha value is -0.600. The van der Waals surface area contributed by atoms with Gasteiger partial charge in [-0.1, -0.05) is 19.1 Å². The van der Waals surface area contributed by atoms with E-state index in [9.17, 15) is 0 Å². The lowest BCUT2D eigenvalue weighted by molar-refractivity contribution is 0.0481. The molecule has 56 valence electrons. The maximum atomic E-state index is 5.25. The number of rotatable bonds is 3. The highest BCUT2D eigenvalue weighted by Gasteiger charge is 2.22. The van der Waals surface area contributed by atoms with Crippen molar-refractivity contribution in [3.63, 3.8) is 0 Å². The lowest BCUT2D eigenvalue weighted by atomic mass is 10.2. The van der Waals surface area contributed by atoms with Crippen LogP contribution < -0.4 is 5.32 Å². The number of likely N-dealkylation sites (N-methyl/N-ethyl adjacent to an activating group) is 1. The monoisotopic (exact) mass is 139 g/mol. The molecular formula is C8H13NO. The van der Waals surface area contributed by atoms with Gasteiger partial charge in [-0.2, -0.15) is 0 Å². The highest BCUT2D eigenvalue weighted by Crippen LogP contribution is 2.15. The summed E-state index contributed by atoms with van der Waals surface area (Å²) in [6, 6.07) is 0. The van der Waals surface area contributed by atoms with E-state index in [0.29, 0.717) is 0 Å². The molecule has 0 saturated heterocycles. The van der Waals surface area contributed by atoms with Crippen molar-refractivity contribution < 1.29 is 4.74 Å². The van der Waals surface area contributed by atoms with Crippen molar-refractivity contribution in [2.45, 2.75) is 12.6 Å². The molecule has 0 aliphatic heterocycles. The molecule has 0 fully saturated rings. The molecule has 0 bridgehead atoms. The first-order chi connectivity index (χ1) is 4.83. The van der Waals surface area contributed by atoms with Gasteiger partial charge in [0.25, 0.3) is 0 Å². The van der Waals surface area contributed by atoms with Gasteiger partial charge in [-0.3, -0.25) is 5.32 Å². The first-order valence-corrected chi connectivity index (χ1v) is 3.50. The molecule has 0 saturated carbocycles. The van der Waals surface area contributed by atoms with Crippen molar-refractivity contribution in [2.75, 3.05) is 13.7 Å². The molecule has 0 aromatic heterocycles.